The number of anilines is 3. The minimum atomic E-state index is -0.0705. The summed E-state index contributed by atoms with van der Waals surface area (Å²) in [6.45, 7) is 0. The highest BCUT2D eigenvalue weighted by Crippen LogP contribution is 2.33. The molecule has 0 unspecified atom stereocenters. The predicted octanol–water partition coefficient (Wildman–Crippen LogP) is 7.10. The zero-order chi connectivity index (χ0) is 29.9. The van der Waals surface area contributed by atoms with Crippen molar-refractivity contribution in [1.29, 1.82) is 5.41 Å². The molecular formula is C34H29N7O2. The zero-order valence-corrected chi connectivity index (χ0v) is 23.0. The van der Waals surface area contributed by atoms with Gasteiger partial charge in [0.15, 0.2) is 0 Å². The van der Waals surface area contributed by atoms with E-state index in [2.05, 4.69) is 31.6 Å². The molecule has 0 radical (unpaired) electrons. The number of rotatable bonds is 11. The molecule has 0 aliphatic rings. The van der Waals surface area contributed by atoms with Crippen LogP contribution >= 0.6 is 0 Å². The molecule has 0 bridgehead atoms. The van der Waals surface area contributed by atoms with Gasteiger partial charge in [0.25, 0.3) is 0 Å². The quantitative estimate of drug-likeness (QED) is 0.0747. The minimum Gasteiger partial charge on any atom is -0.507 e. The van der Waals surface area contributed by atoms with E-state index < -0.39 is 0 Å². The first-order valence-corrected chi connectivity index (χ1v) is 13.4. The SMILES string of the molecule is N=Cc1cc(-c2cc(/C=N/Nc3ccccc3)c(O)c(/C=N/Nc3ccccc3)c2)cc(/C=N/Nc2ccccc2)c1O. The Bertz CT molecular complexity index is 1700. The summed E-state index contributed by atoms with van der Waals surface area (Å²) in [4.78, 5) is 0. The van der Waals surface area contributed by atoms with Gasteiger partial charge in [0.05, 0.1) is 35.7 Å². The summed E-state index contributed by atoms with van der Waals surface area (Å²) >= 11 is 0. The standard InChI is InChI=1S/C34H29N7O2/c35-20-26-16-24(17-27(33(26)42)21-36-39-30-10-4-1-5-11-30)25-18-28(22-37-40-31-12-6-2-7-13-31)34(43)29(19-25)23-38-41-32-14-8-3-9-15-32/h1-23,35,39-43H/b35-20?,36-21+,37-22+,38-23+. The maximum Gasteiger partial charge on any atom is 0.133 e. The van der Waals surface area contributed by atoms with Gasteiger partial charge >= 0.3 is 0 Å². The van der Waals surface area contributed by atoms with Gasteiger partial charge in [-0.15, -0.1) is 0 Å². The number of hydrogen-bond acceptors (Lipinski definition) is 9. The van der Waals surface area contributed by atoms with Gasteiger partial charge in [-0.3, -0.25) is 16.3 Å². The zero-order valence-electron chi connectivity index (χ0n) is 23.0. The number of para-hydroxylation sites is 3. The van der Waals surface area contributed by atoms with Crippen LogP contribution in [0, 0.1) is 5.41 Å². The molecule has 0 saturated heterocycles. The van der Waals surface area contributed by atoms with E-state index in [1.165, 1.54) is 18.6 Å². The number of phenolic OH excluding ortho intramolecular Hbond substituents is 2. The van der Waals surface area contributed by atoms with Crippen molar-refractivity contribution in [2.45, 2.75) is 0 Å². The third-order valence-corrected chi connectivity index (χ3v) is 6.34. The van der Waals surface area contributed by atoms with Crippen LogP contribution < -0.4 is 16.3 Å². The van der Waals surface area contributed by atoms with Gasteiger partial charge in [-0.1, -0.05) is 54.6 Å². The number of hydrazone groups is 3. The first-order chi connectivity index (χ1) is 21.1. The highest BCUT2D eigenvalue weighted by atomic mass is 16.3. The molecule has 0 amide bonds. The molecule has 6 N–H and O–H groups in total. The number of aromatic hydroxyl groups is 2. The van der Waals surface area contributed by atoms with Crippen LogP contribution in [-0.4, -0.2) is 35.1 Å². The van der Waals surface area contributed by atoms with Crippen LogP contribution in [0.15, 0.2) is 131 Å². The first kappa shape index (κ1) is 28.3. The Hall–Kier alpha value is -6.22. The Morgan fingerprint density at radius 3 is 1.09 bits per heavy atom. The maximum absolute atomic E-state index is 11.1. The summed E-state index contributed by atoms with van der Waals surface area (Å²) in [5.74, 6) is -0.0836. The van der Waals surface area contributed by atoms with Crippen molar-refractivity contribution in [3.05, 3.63) is 138 Å². The van der Waals surface area contributed by atoms with E-state index in [0.29, 0.717) is 33.4 Å². The summed E-state index contributed by atoms with van der Waals surface area (Å²) in [5.41, 5.74) is 14.2. The lowest BCUT2D eigenvalue weighted by Crippen LogP contribution is -1.98. The number of phenols is 2. The maximum atomic E-state index is 11.1. The third kappa shape index (κ3) is 7.50. The van der Waals surface area contributed by atoms with Crippen LogP contribution in [0.25, 0.3) is 11.1 Å². The summed E-state index contributed by atoms with van der Waals surface area (Å²) in [5, 5.41) is 42.7. The second-order valence-corrected chi connectivity index (χ2v) is 9.36. The Kier molecular flexibility index (Phi) is 9.16. The monoisotopic (exact) mass is 567 g/mol. The van der Waals surface area contributed by atoms with Gasteiger partial charge in [0.1, 0.15) is 11.5 Å². The largest absolute Gasteiger partial charge is 0.507 e. The summed E-state index contributed by atoms with van der Waals surface area (Å²) < 4.78 is 0. The molecule has 0 heterocycles. The highest BCUT2D eigenvalue weighted by molar-refractivity contribution is 5.98. The van der Waals surface area contributed by atoms with Crippen LogP contribution in [0.4, 0.5) is 17.1 Å². The van der Waals surface area contributed by atoms with E-state index in [0.717, 1.165) is 23.3 Å². The Morgan fingerprint density at radius 2 is 0.767 bits per heavy atom. The van der Waals surface area contributed by atoms with Gasteiger partial charge in [0.2, 0.25) is 0 Å². The van der Waals surface area contributed by atoms with Crippen molar-refractivity contribution in [2.24, 2.45) is 15.3 Å². The van der Waals surface area contributed by atoms with E-state index in [1.807, 2.05) is 91.0 Å². The van der Waals surface area contributed by atoms with Crippen LogP contribution in [0.5, 0.6) is 11.5 Å². The highest BCUT2D eigenvalue weighted by Gasteiger charge is 2.13. The number of hydrogen-bond donors (Lipinski definition) is 6. The molecule has 5 aromatic rings. The lowest BCUT2D eigenvalue weighted by molar-refractivity contribution is 0.473. The fraction of sp³-hybridized carbons (Fsp3) is 0. The van der Waals surface area contributed by atoms with Crippen molar-refractivity contribution in [3.63, 3.8) is 0 Å². The number of nitrogens with one attached hydrogen (secondary N) is 4. The van der Waals surface area contributed by atoms with Crippen LogP contribution in [0.1, 0.15) is 22.3 Å². The molecule has 0 aliphatic carbocycles. The fourth-order valence-corrected chi connectivity index (χ4v) is 4.17. The summed E-state index contributed by atoms with van der Waals surface area (Å²) in [6.07, 6.45) is 5.63. The van der Waals surface area contributed by atoms with Gasteiger partial charge in [-0.2, -0.15) is 15.3 Å². The molecular weight excluding hydrogens is 538 g/mol. The number of nitrogens with zero attached hydrogens (tertiary/aromatic N) is 3. The Labute approximate surface area is 249 Å². The predicted molar refractivity (Wildman–Crippen MR) is 176 cm³/mol. The van der Waals surface area contributed by atoms with Crippen molar-refractivity contribution in [2.75, 3.05) is 16.3 Å². The van der Waals surface area contributed by atoms with E-state index in [1.54, 1.807) is 24.3 Å². The van der Waals surface area contributed by atoms with E-state index >= 15 is 0 Å². The van der Waals surface area contributed by atoms with Gasteiger partial charge < -0.3 is 15.6 Å². The van der Waals surface area contributed by atoms with Crippen LogP contribution in [0.3, 0.4) is 0 Å². The smallest absolute Gasteiger partial charge is 0.133 e. The molecule has 43 heavy (non-hydrogen) atoms. The van der Waals surface area contributed by atoms with Gasteiger partial charge in [-0.05, 0) is 71.8 Å². The molecule has 0 aliphatic heterocycles. The third-order valence-electron chi connectivity index (χ3n) is 6.34. The normalized spacial score (nSPS) is 11.3. The lowest BCUT2D eigenvalue weighted by Gasteiger charge is -2.12. The van der Waals surface area contributed by atoms with E-state index in [-0.39, 0.29) is 11.5 Å². The number of benzene rings is 5. The fourth-order valence-electron chi connectivity index (χ4n) is 4.17. The van der Waals surface area contributed by atoms with Crippen molar-refractivity contribution < 1.29 is 10.2 Å². The summed E-state index contributed by atoms with van der Waals surface area (Å²) in [7, 11) is 0. The molecule has 0 spiro atoms. The van der Waals surface area contributed by atoms with E-state index in [9.17, 15) is 10.2 Å². The van der Waals surface area contributed by atoms with Crippen molar-refractivity contribution >= 4 is 41.9 Å². The van der Waals surface area contributed by atoms with E-state index in [4.69, 9.17) is 5.41 Å². The van der Waals surface area contributed by atoms with Crippen LogP contribution in [-0.2, 0) is 0 Å². The van der Waals surface area contributed by atoms with Crippen LogP contribution in [0.2, 0.25) is 0 Å². The molecule has 9 heteroatoms. The molecule has 0 saturated carbocycles. The van der Waals surface area contributed by atoms with Crippen molar-refractivity contribution in [1.82, 2.24) is 0 Å². The average Bonchev–Trinajstić information content (AvgIpc) is 3.05. The Morgan fingerprint density at radius 1 is 0.465 bits per heavy atom. The van der Waals surface area contributed by atoms with Crippen molar-refractivity contribution in [3.8, 4) is 22.6 Å². The second-order valence-electron chi connectivity index (χ2n) is 9.36. The van der Waals surface area contributed by atoms with Gasteiger partial charge in [0, 0.05) is 28.5 Å². The van der Waals surface area contributed by atoms with Gasteiger partial charge in [-0.25, -0.2) is 0 Å². The molecule has 5 rings (SSSR count). The summed E-state index contributed by atoms with van der Waals surface area (Å²) in [6, 6.07) is 35.4. The first-order valence-electron chi connectivity index (χ1n) is 13.4. The second kappa shape index (κ2) is 13.9. The molecule has 212 valence electrons. The Balaban J connectivity index is 1.51. The molecule has 0 aromatic heterocycles. The lowest BCUT2D eigenvalue weighted by atomic mass is 9.95. The molecule has 0 fully saturated rings. The molecule has 9 nitrogen and oxygen atoms in total. The molecule has 5 aromatic carbocycles. The average molecular weight is 568 g/mol. The topological polar surface area (TPSA) is 137 Å². The molecule has 0 atom stereocenters. The minimum absolute atomic E-state index is 0.0131.